The van der Waals surface area contributed by atoms with Crippen LogP contribution in [-0.4, -0.2) is 32.6 Å². The molecule has 0 aliphatic heterocycles. The summed E-state index contributed by atoms with van der Waals surface area (Å²) in [5, 5.41) is 0. The molecule has 2 aromatic rings. The second kappa shape index (κ2) is 7.26. The van der Waals surface area contributed by atoms with E-state index < -0.39 is 5.97 Å². The number of ketones is 1. The predicted molar refractivity (Wildman–Crippen MR) is 80.6 cm³/mol. The van der Waals surface area contributed by atoms with Crippen LogP contribution in [0.15, 0.2) is 48.5 Å². The number of methoxy groups -OCH3 is 2. The summed E-state index contributed by atoms with van der Waals surface area (Å²) in [7, 11) is 3.06. The summed E-state index contributed by atoms with van der Waals surface area (Å²) in [4.78, 5) is 23.9. The van der Waals surface area contributed by atoms with E-state index in [-0.39, 0.29) is 12.4 Å². The van der Waals surface area contributed by atoms with Crippen LogP contribution in [-0.2, 0) is 4.74 Å². The quantitative estimate of drug-likeness (QED) is 0.606. The summed E-state index contributed by atoms with van der Waals surface area (Å²) in [5.41, 5.74) is 0.793. The first kappa shape index (κ1) is 15.6. The Hall–Kier alpha value is -2.82. The SMILES string of the molecule is COc1ccc(C(=O)OCC(=O)c2cccc(OC)c2)cc1. The highest BCUT2D eigenvalue weighted by molar-refractivity contribution is 5.99. The minimum absolute atomic E-state index is 0.291. The molecular weight excluding hydrogens is 284 g/mol. The molecule has 0 saturated carbocycles. The number of rotatable bonds is 6. The van der Waals surface area contributed by atoms with E-state index in [0.29, 0.717) is 22.6 Å². The van der Waals surface area contributed by atoms with Crippen LogP contribution >= 0.6 is 0 Å². The third-order valence-electron chi connectivity index (χ3n) is 3.05. The van der Waals surface area contributed by atoms with Gasteiger partial charge >= 0.3 is 5.97 Å². The summed E-state index contributed by atoms with van der Waals surface area (Å²) in [6.45, 7) is -0.321. The summed E-state index contributed by atoms with van der Waals surface area (Å²) in [5.74, 6) is 0.371. The molecule has 0 aliphatic rings. The zero-order valence-corrected chi connectivity index (χ0v) is 12.4. The minimum atomic E-state index is -0.557. The maximum absolute atomic E-state index is 12.0. The van der Waals surface area contributed by atoms with Crippen LogP contribution in [0.25, 0.3) is 0 Å². The molecule has 0 amide bonds. The van der Waals surface area contributed by atoms with Crippen LogP contribution in [0.1, 0.15) is 20.7 Å². The molecule has 2 aromatic carbocycles. The molecule has 114 valence electrons. The molecule has 0 spiro atoms. The number of benzene rings is 2. The summed E-state index contributed by atoms with van der Waals surface area (Å²) in [6.07, 6.45) is 0. The van der Waals surface area contributed by atoms with E-state index >= 15 is 0 Å². The molecule has 0 unspecified atom stereocenters. The predicted octanol–water partition coefficient (Wildman–Crippen LogP) is 2.74. The van der Waals surface area contributed by atoms with E-state index in [2.05, 4.69) is 0 Å². The standard InChI is InChI=1S/C17H16O5/c1-20-14-8-6-12(7-9-14)17(19)22-11-16(18)13-4-3-5-15(10-13)21-2/h3-10H,11H2,1-2H3. The van der Waals surface area contributed by atoms with Crippen molar-refractivity contribution in [2.24, 2.45) is 0 Å². The van der Waals surface area contributed by atoms with Crippen LogP contribution in [0.2, 0.25) is 0 Å². The Morgan fingerprint density at radius 1 is 0.864 bits per heavy atom. The van der Waals surface area contributed by atoms with Crippen molar-refractivity contribution in [3.8, 4) is 11.5 Å². The lowest BCUT2D eigenvalue weighted by Crippen LogP contribution is -2.14. The molecule has 0 atom stereocenters. The molecule has 0 bridgehead atoms. The molecule has 5 heteroatoms. The van der Waals surface area contributed by atoms with Crippen molar-refractivity contribution in [1.29, 1.82) is 0 Å². The van der Waals surface area contributed by atoms with Gasteiger partial charge in [0.25, 0.3) is 0 Å². The van der Waals surface area contributed by atoms with Crippen molar-refractivity contribution in [2.45, 2.75) is 0 Å². The molecule has 0 N–H and O–H groups in total. The Balaban J connectivity index is 1.96. The van der Waals surface area contributed by atoms with Crippen molar-refractivity contribution in [3.63, 3.8) is 0 Å². The molecule has 0 radical (unpaired) electrons. The fraction of sp³-hybridized carbons (Fsp3) is 0.176. The fourth-order valence-electron chi connectivity index (χ4n) is 1.82. The van der Waals surface area contributed by atoms with Gasteiger partial charge in [0, 0.05) is 5.56 Å². The number of esters is 1. The van der Waals surface area contributed by atoms with Crippen molar-refractivity contribution in [2.75, 3.05) is 20.8 Å². The van der Waals surface area contributed by atoms with E-state index in [9.17, 15) is 9.59 Å². The maximum atomic E-state index is 12.0. The number of carbonyl (C=O) groups excluding carboxylic acids is 2. The summed E-state index contributed by atoms with van der Waals surface area (Å²) < 4.78 is 15.1. The largest absolute Gasteiger partial charge is 0.497 e. The van der Waals surface area contributed by atoms with Crippen LogP contribution in [0.5, 0.6) is 11.5 Å². The maximum Gasteiger partial charge on any atom is 0.338 e. The van der Waals surface area contributed by atoms with Crippen molar-refractivity contribution >= 4 is 11.8 Å². The van der Waals surface area contributed by atoms with Gasteiger partial charge in [0.05, 0.1) is 19.8 Å². The van der Waals surface area contributed by atoms with E-state index in [0.717, 1.165) is 0 Å². The van der Waals surface area contributed by atoms with Gasteiger partial charge in [-0.3, -0.25) is 4.79 Å². The second-order valence-electron chi connectivity index (χ2n) is 4.46. The Morgan fingerprint density at radius 3 is 2.18 bits per heavy atom. The molecular formula is C17H16O5. The lowest BCUT2D eigenvalue weighted by molar-refractivity contribution is 0.0474. The van der Waals surface area contributed by atoms with Crippen molar-refractivity contribution in [1.82, 2.24) is 0 Å². The first-order valence-electron chi connectivity index (χ1n) is 6.62. The molecule has 0 aliphatic carbocycles. The van der Waals surface area contributed by atoms with Gasteiger partial charge in [-0.15, -0.1) is 0 Å². The Kier molecular flexibility index (Phi) is 5.14. The van der Waals surface area contributed by atoms with E-state index in [4.69, 9.17) is 14.2 Å². The molecule has 0 fully saturated rings. The first-order valence-corrected chi connectivity index (χ1v) is 6.62. The highest BCUT2D eigenvalue weighted by Gasteiger charge is 2.12. The van der Waals surface area contributed by atoms with Gasteiger partial charge in [0.1, 0.15) is 11.5 Å². The topological polar surface area (TPSA) is 61.8 Å². The van der Waals surface area contributed by atoms with Crippen LogP contribution in [0.3, 0.4) is 0 Å². The van der Waals surface area contributed by atoms with Gasteiger partial charge in [-0.2, -0.15) is 0 Å². The van der Waals surface area contributed by atoms with Crippen molar-refractivity contribution < 1.29 is 23.8 Å². The Labute approximate surface area is 128 Å². The lowest BCUT2D eigenvalue weighted by atomic mass is 10.1. The number of Topliss-reactive ketones (excluding diaryl/α,β-unsaturated/α-hetero) is 1. The molecule has 0 aromatic heterocycles. The normalized spacial score (nSPS) is 9.91. The molecule has 2 rings (SSSR count). The van der Waals surface area contributed by atoms with Crippen molar-refractivity contribution in [3.05, 3.63) is 59.7 Å². The summed E-state index contributed by atoms with van der Waals surface area (Å²) in [6, 6.07) is 13.2. The molecule has 5 nitrogen and oxygen atoms in total. The smallest absolute Gasteiger partial charge is 0.338 e. The average molecular weight is 300 g/mol. The Bertz CT molecular complexity index is 661. The second-order valence-corrected chi connectivity index (χ2v) is 4.46. The van der Waals surface area contributed by atoms with Gasteiger partial charge in [-0.05, 0) is 36.4 Å². The number of hydrogen-bond donors (Lipinski definition) is 0. The lowest BCUT2D eigenvalue weighted by Gasteiger charge is -2.06. The van der Waals surface area contributed by atoms with Crippen LogP contribution in [0.4, 0.5) is 0 Å². The third kappa shape index (κ3) is 3.85. The number of carbonyl (C=O) groups is 2. The molecule has 0 heterocycles. The minimum Gasteiger partial charge on any atom is -0.497 e. The average Bonchev–Trinajstić information content (AvgIpc) is 2.59. The molecule has 22 heavy (non-hydrogen) atoms. The highest BCUT2D eigenvalue weighted by Crippen LogP contribution is 2.14. The monoisotopic (exact) mass is 300 g/mol. The summed E-state index contributed by atoms with van der Waals surface area (Å²) >= 11 is 0. The highest BCUT2D eigenvalue weighted by atomic mass is 16.5. The van der Waals surface area contributed by atoms with Gasteiger partial charge < -0.3 is 14.2 Å². The van der Waals surface area contributed by atoms with E-state index in [1.54, 1.807) is 55.6 Å². The first-order chi connectivity index (χ1) is 10.6. The van der Waals surface area contributed by atoms with Gasteiger partial charge in [0.2, 0.25) is 0 Å². The zero-order chi connectivity index (χ0) is 15.9. The van der Waals surface area contributed by atoms with Gasteiger partial charge in [-0.25, -0.2) is 4.79 Å². The van der Waals surface area contributed by atoms with Crippen LogP contribution in [0, 0.1) is 0 Å². The number of ether oxygens (including phenoxy) is 3. The molecule has 0 saturated heterocycles. The number of hydrogen-bond acceptors (Lipinski definition) is 5. The zero-order valence-electron chi connectivity index (χ0n) is 12.4. The fourth-order valence-corrected chi connectivity index (χ4v) is 1.82. The van der Waals surface area contributed by atoms with Gasteiger partial charge in [0.15, 0.2) is 12.4 Å². The Morgan fingerprint density at radius 2 is 1.55 bits per heavy atom. The third-order valence-corrected chi connectivity index (χ3v) is 3.05. The van der Waals surface area contributed by atoms with Crippen LogP contribution < -0.4 is 9.47 Å². The van der Waals surface area contributed by atoms with E-state index in [1.165, 1.54) is 7.11 Å². The van der Waals surface area contributed by atoms with E-state index in [1.807, 2.05) is 0 Å². The van der Waals surface area contributed by atoms with Gasteiger partial charge in [-0.1, -0.05) is 12.1 Å².